The number of anilines is 2. The van der Waals surface area contributed by atoms with Crippen molar-refractivity contribution in [3.05, 3.63) is 60.0 Å². The summed E-state index contributed by atoms with van der Waals surface area (Å²) in [4.78, 5) is 11.0. The zero-order chi connectivity index (χ0) is 16.9. The van der Waals surface area contributed by atoms with Gasteiger partial charge in [-0.15, -0.1) is 10.2 Å². The van der Waals surface area contributed by atoms with E-state index in [2.05, 4.69) is 20.8 Å². The number of hydrogen-bond donors (Lipinski definition) is 2. The van der Waals surface area contributed by atoms with E-state index in [4.69, 9.17) is 4.42 Å². The van der Waals surface area contributed by atoms with Gasteiger partial charge in [-0.05, 0) is 42.8 Å². The summed E-state index contributed by atoms with van der Waals surface area (Å²) in [6, 6.07) is 15.3. The lowest BCUT2D eigenvalue weighted by atomic mass is 10.1. The Bertz CT molecular complexity index is 840. The Hall–Kier alpha value is -3.15. The van der Waals surface area contributed by atoms with Gasteiger partial charge in [-0.1, -0.05) is 18.2 Å². The molecule has 24 heavy (non-hydrogen) atoms. The van der Waals surface area contributed by atoms with E-state index in [-0.39, 0.29) is 5.91 Å². The topological polar surface area (TPSA) is 80.0 Å². The molecule has 0 saturated heterocycles. The molecule has 2 aromatic carbocycles. The SMILES string of the molecule is CC(=O)Nc1ccc(NCc2nnc(-c3ccccc3C)o2)cc1. The summed E-state index contributed by atoms with van der Waals surface area (Å²) < 4.78 is 5.71. The quantitative estimate of drug-likeness (QED) is 0.750. The molecule has 6 nitrogen and oxygen atoms in total. The second-order valence-electron chi connectivity index (χ2n) is 5.43. The van der Waals surface area contributed by atoms with E-state index >= 15 is 0 Å². The van der Waals surface area contributed by atoms with E-state index in [0.717, 1.165) is 22.5 Å². The highest BCUT2D eigenvalue weighted by Crippen LogP contribution is 2.22. The average Bonchev–Trinajstić information content (AvgIpc) is 3.03. The first-order valence-corrected chi connectivity index (χ1v) is 7.62. The van der Waals surface area contributed by atoms with Gasteiger partial charge in [0.05, 0.1) is 6.54 Å². The number of nitrogens with zero attached hydrogens (tertiary/aromatic N) is 2. The molecule has 0 radical (unpaired) electrons. The minimum absolute atomic E-state index is 0.0923. The van der Waals surface area contributed by atoms with Gasteiger partial charge in [-0.25, -0.2) is 0 Å². The van der Waals surface area contributed by atoms with Gasteiger partial charge < -0.3 is 15.1 Å². The minimum atomic E-state index is -0.0923. The van der Waals surface area contributed by atoms with Crippen LogP contribution in [0.25, 0.3) is 11.5 Å². The molecule has 1 amide bonds. The molecule has 0 aliphatic rings. The molecule has 0 unspecified atom stereocenters. The Balaban J connectivity index is 1.63. The monoisotopic (exact) mass is 322 g/mol. The fourth-order valence-electron chi connectivity index (χ4n) is 2.30. The van der Waals surface area contributed by atoms with Crippen molar-refractivity contribution in [3.8, 4) is 11.5 Å². The van der Waals surface area contributed by atoms with Gasteiger partial charge >= 0.3 is 0 Å². The highest BCUT2D eigenvalue weighted by atomic mass is 16.4. The summed E-state index contributed by atoms with van der Waals surface area (Å²) in [5.74, 6) is 0.940. The maximum absolute atomic E-state index is 11.0. The minimum Gasteiger partial charge on any atom is -0.419 e. The summed E-state index contributed by atoms with van der Waals surface area (Å²) >= 11 is 0. The zero-order valence-corrected chi connectivity index (χ0v) is 13.5. The van der Waals surface area contributed by atoms with Crippen LogP contribution in [-0.2, 0) is 11.3 Å². The van der Waals surface area contributed by atoms with Gasteiger partial charge in [0, 0.05) is 23.9 Å². The van der Waals surface area contributed by atoms with Crippen LogP contribution >= 0.6 is 0 Å². The Morgan fingerprint density at radius 2 is 1.75 bits per heavy atom. The van der Waals surface area contributed by atoms with Crippen molar-refractivity contribution in [2.24, 2.45) is 0 Å². The van der Waals surface area contributed by atoms with E-state index in [1.54, 1.807) is 0 Å². The number of benzene rings is 2. The molecule has 3 aromatic rings. The molecule has 0 fully saturated rings. The average molecular weight is 322 g/mol. The second-order valence-corrected chi connectivity index (χ2v) is 5.43. The third-order valence-electron chi connectivity index (χ3n) is 3.49. The van der Waals surface area contributed by atoms with Crippen molar-refractivity contribution in [1.82, 2.24) is 10.2 Å². The predicted molar refractivity (Wildman–Crippen MR) is 92.5 cm³/mol. The lowest BCUT2D eigenvalue weighted by Gasteiger charge is -2.06. The predicted octanol–water partition coefficient (Wildman–Crippen LogP) is 3.62. The molecule has 0 bridgehead atoms. The van der Waals surface area contributed by atoms with Gasteiger partial charge in [0.1, 0.15) is 0 Å². The van der Waals surface area contributed by atoms with Crippen LogP contribution in [0.5, 0.6) is 0 Å². The molecule has 1 aromatic heterocycles. The molecular weight excluding hydrogens is 304 g/mol. The molecule has 0 atom stereocenters. The Morgan fingerprint density at radius 3 is 2.46 bits per heavy atom. The number of carbonyl (C=O) groups excluding carboxylic acids is 1. The van der Waals surface area contributed by atoms with Gasteiger partial charge in [-0.2, -0.15) is 0 Å². The van der Waals surface area contributed by atoms with Gasteiger partial charge in [0.25, 0.3) is 0 Å². The Labute approximate surface area is 139 Å². The molecule has 2 N–H and O–H groups in total. The Kier molecular flexibility index (Phi) is 4.56. The summed E-state index contributed by atoms with van der Waals surface area (Å²) in [5, 5.41) is 14.1. The smallest absolute Gasteiger partial charge is 0.248 e. The van der Waals surface area contributed by atoms with Crippen molar-refractivity contribution in [2.75, 3.05) is 10.6 Å². The summed E-state index contributed by atoms with van der Waals surface area (Å²) in [6.07, 6.45) is 0. The highest BCUT2D eigenvalue weighted by Gasteiger charge is 2.10. The maximum atomic E-state index is 11.0. The largest absolute Gasteiger partial charge is 0.419 e. The van der Waals surface area contributed by atoms with Crippen LogP contribution in [0.15, 0.2) is 52.9 Å². The molecule has 0 spiro atoms. The molecule has 0 saturated carbocycles. The summed E-state index contributed by atoms with van der Waals surface area (Å²) in [6.45, 7) is 3.92. The highest BCUT2D eigenvalue weighted by molar-refractivity contribution is 5.88. The van der Waals surface area contributed by atoms with Crippen LogP contribution in [0.3, 0.4) is 0 Å². The van der Waals surface area contributed by atoms with Crippen LogP contribution < -0.4 is 10.6 Å². The van der Waals surface area contributed by atoms with Crippen LogP contribution in [0.4, 0.5) is 11.4 Å². The molecule has 1 heterocycles. The van der Waals surface area contributed by atoms with Crippen molar-refractivity contribution in [3.63, 3.8) is 0 Å². The van der Waals surface area contributed by atoms with Gasteiger partial charge in [-0.3, -0.25) is 4.79 Å². The number of aromatic nitrogens is 2. The number of rotatable bonds is 5. The van der Waals surface area contributed by atoms with Crippen LogP contribution in [0.2, 0.25) is 0 Å². The number of carbonyl (C=O) groups is 1. The molecule has 0 aliphatic heterocycles. The second kappa shape index (κ2) is 6.95. The molecule has 122 valence electrons. The number of aryl methyl sites for hydroxylation is 1. The lowest BCUT2D eigenvalue weighted by molar-refractivity contribution is -0.114. The zero-order valence-electron chi connectivity index (χ0n) is 13.5. The van der Waals surface area contributed by atoms with E-state index in [0.29, 0.717) is 18.3 Å². The van der Waals surface area contributed by atoms with E-state index in [1.165, 1.54) is 6.92 Å². The Morgan fingerprint density at radius 1 is 1.04 bits per heavy atom. The lowest BCUT2D eigenvalue weighted by Crippen LogP contribution is -2.05. The maximum Gasteiger partial charge on any atom is 0.248 e. The van der Waals surface area contributed by atoms with Crippen molar-refractivity contribution >= 4 is 17.3 Å². The molecule has 6 heteroatoms. The van der Waals surface area contributed by atoms with E-state index < -0.39 is 0 Å². The van der Waals surface area contributed by atoms with E-state index in [1.807, 2.05) is 55.5 Å². The molecular formula is C18H18N4O2. The molecule has 3 rings (SSSR count). The third kappa shape index (κ3) is 3.78. The summed E-state index contributed by atoms with van der Waals surface area (Å²) in [7, 11) is 0. The fraction of sp³-hybridized carbons (Fsp3) is 0.167. The third-order valence-corrected chi connectivity index (χ3v) is 3.49. The van der Waals surface area contributed by atoms with Gasteiger partial charge in [0.2, 0.25) is 17.7 Å². The van der Waals surface area contributed by atoms with Crippen molar-refractivity contribution < 1.29 is 9.21 Å². The normalized spacial score (nSPS) is 10.4. The standard InChI is InChI=1S/C18H18N4O2/c1-12-5-3-4-6-16(12)18-22-21-17(24-18)11-19-14-7-9-15(10-8-14)20-13(2)23/h3-10,19H,11H2,1-2H3,(H,20,23). The molecule has 0 aliphatic carbocycles. The first-order chi connectivity index (χ1) is 11.6. The first kappa shape index (κ1) is 15.7. The number of nitrogens with one attached hydrogen (secondary N) is 2. The summed E-state index contributed by atoms with van der Waals surface area (Å²) in [5.41, 5.74) is 3.69. The number of hydrogen-bond acceptors (Lipinski definition) is 5. The van der Waals surface area contributed by atoms with Gasteiger partial charge in [0.15, 0.2) is 0 Å². The fourth-order valence-corrected chi connectivity index (χ4v) is 2.30. The number of amides is 1. The van der Waals surface area contributed by atoms with Crippen LogP contribution in [-0.4, -0.2) is 16.1 Å². The van der Waals surface area contributed by atoms with E-state index in [9.17, 15) is 4.79 Å². The van der Waals surface area contributed by atoms with Crippen molar-refractivity contribution in [1.29, 1.82) is 0 Å². The first-order valence-electron chi connectivity index (χ1n) is 7.62. The van der Waals surface area contributed by atoms with Crippen LogP contribution in [0.1, 0.15) is 18.4 Å². The van der Waals surface area contributed by atoms with Crippen molar-refractivity contribution in [2.45, 2.75) is 20.4 Å². The van der Waals surface area contributed by atoms with Crippen LogP contribution in [0, 0.1) is 6.92 Å².